The molecular weight excluding hydrogens is 288 g/mol. The van der Waals surface area contributed by atoms with Crippen molar-refractivity contribution in [1.29, 1.82) is 0 Å². The van der Waals surface area contributed by atoms with Gasteiger partial charge in [-0.2, -0.15) is 0 Å². The number of fused-ring (bicyclic) bond motifs is 2. The molecular formula is C19H14N2O2. The van der Waals surface area contributed by atoms with Crippen molar-refractivity contribution in [3.63, 3.8) is 0 Å². The summed E-state index contributed by atoms with van der Waals surface area (Å²) in [7, 11) is 0. The SMILES string of the molecule is Cc1ccccc1Cn1cnc2c1C(=O)c1ccccc1C2=O. The Kier molecular flexibility index (Phi) is 2.98. The van der Waals surface area contributed by atoms with Gasteiger partial charge in [0.05, 0.1) is 6.33 Å². The summed E-state index contributed by atoms with van der Waals surface area (Å²) in [5.41, 5.74) is 3.78. The van der Waals surface area contributed by atoms with Crippen LogP contribution in [0.3, 0.4) is 0 Å². The molecule has 1 heterocycles. The summed E-state index contributed by atoms with van der Waals surface area (Å²) in [6.45, 7) is 2.55. The van der Waals surface area contributed by atoms with Crippen LogP contribution in [0.1, 0.15) is 43.2 Å². The topological polar surface area (TPSA) is 52.0 Å². The average Bonchev–Trinajstić information content (AvgIpc) is 2.99. The number of nitrogens with zero attached hydrogens (tertiary/aromatic N) is 2. The number of ketones is 2. The maximum atomic E-state index is 12.8. The molecule has 0 radical (unpaired) electrons. The lowest BCUT2D eigenvalue weighted by Gasteiger charge is -2.16. The molecule has 0 aliphatic heterocycles. The van der Waals surface area contributed by atoms with Gasteiger partial charge in [0, 0.05) is 17.7 Å². The van der Waals surface area contributed by atoms with E-state index in [2.05, 4.69) is 4.98 Å². The summed E-state index contributed by atoms with van der Waals surface area (Å²) in [4.78, 5) is 29.6. The Morgan fingerprint density at radius 2 is 1.57 bits per heavy atom. The lowest BCUT2D eigenvalue weighted by atomic mass is 9.90. The number of rotatable bonds is 2. The predicted octanol–water partition coefficient (Wildman–Crippen LogP) is 3.02. The van der Waals surface area contributed by atoms with E-state index < -0.39 is 0 Å². The Balaban J connectivity index is 1.83. The molecule has 0 spiro atoms. The average molecular weight is 302 g/mol. The summed E-state index contributed by atoms with van der Waals surface area (Å²) >= 11 is 0. The standard InChI is InChI=1S/C19H14N2O2/c1-12-6-2-3-7-13(12)10-21-11-20-16-17(21)19(23)15-9-5-4-8-14(15)18(16)22/h2-9,11H,10H2,1H3. The summed E-state index contributed by atoms with van der Waals surface area (Å²) in [5.74, 6) is -0.319. The lowest BCUT2D eigenvalue weighted by molar-refractivity contribution is 0.0971. The number of carbonyl (C=O) groups is 2. The molecule has 4 nitrogen and oxygen atoms in total. The maximum Gasteiger partial charge on any atom is 0.214 e. The third kappa shape index (κ3) is 2.03. The van der Waals surface area contributed by atoms with Gasteiger partial charge in [-0.05, 0) is 18.1 Å². The van der Waals surface area contributed by atoms with Crippen LogP contribution in [-0.2, 0) is 6.54 Å². The molecule has 23 heavy (non-hydrogen) atoms. The van der Waals surface area contributed by atoms with Crippen LogP contribution in [0.2, 0.25) is 0 Å². The minimum absolute atomic E-state index is 0.138. The Bertz CT molecular complexity index is 954. The van der Waals surface area contributed by atoms with Gasteiger partial charge in [-0.3, -0.25) is 9.59 Å². The molecule has 0 saturated heterocycles. The molecule has 4 rings (SSSR count). The van der Waals surface area contributed by atoms with Crippen LogP contribution in [0.5, 0.6) is 0 Å². The Morgan fingerprint density at radius 3 is 2.30 bits per heavy atom. The van der Waals surface area contributed by atoms with Crippen LogP contribution < -0.4 is 0 Å². The molecule has 2 aromatic carbocycles. The molecule has 3 aromatic rings. The van der Waals surface area contributed by atoms with Crippen molar-refractivity contribution < 1.29 is 9.59 Å². The van der Waals surface area contributed by atoms with Crippen molar-refractivity contribution in [2.45, 2.75) is 13.5 Å². The summed E-state index contributed by atoms with van der Waals surface area (Å²) in [5, 5.41) is 0. The zero-order chi connectivity index (χ0) is 16.0. The monoisotopic (exact) mass is 302 g/mol. The Hall–Kier alpha value is -3.01. The quantitative estimate of drug-likeness (QED) is 0.572. The third-order valence-electron chi connectivity index (χ3n) is 4.29. The predicted molar refractivity (Wildman–Crippen MR) is 85.8 cm³/mol. The van der Waals surface area contributed by atoms with E-state index in [1.165, 1.54) is 0 Å². The van der Waals surface area contributed by atoms with Gasteiger partial charge in [0.1, 0.15) is 11.4 Å². The van der Waals surface area contributed by atoms with Crippen molar-refractivity contribution in [2.75, 3.05) is 0 Å². The highest BCUT2D eigenvalue weighted by Gasteiger charge is 2.33. The van der Waals surface area contributed by atoms with Crippen LogP contribution in [0, 0.1) is 6.92 Å². The van der Waals surface area contributed by atoms with Gasteiger partial charge in [0.25, 0.3) is 0 Å². The molecule has 1 aliphatic rings. The van der Waals surface area contributed by atoms with E-state index in [-0.39, 0.29) is 17.3 Å². The molecule has 0 saturated carbocycles. The largest absolute Gasteiger partial charge is 0.323 e. The van der Waals surface area contributed by atoms with Gasteiger partial charge < -0.3 is 4.57 Å². The first-order valence-electron chi connectivity index (χ1n) is 7.45. The first-order valence-corrected chi connectivity index (χ1v) is 7.45. The second kappa shape index (κ2) is 5.02. The van der Waals surface area contributed by atoms with Crippen molar-refractivity contribution in [3.8, 4) is 0 Å². The molecule has 0 amide bonds. The van der Waals surface area contributed by atoms with Gasteiger partial charge in [-0.25, -0.2) is 4.98 Å². The van der Waals surface area contributed by atoms with Crippen LogP contribution in [0.4, 0.5) is 0 Å². The van der Waals surface area contributed by atoms with Crippen molar-refractivity contribution >= 4 is 11.6 Å². The molecule has 0 atom stereocenters. The number of aryl methyl sites for hydroxylation is 1. The van der Waals surface area contributed by atoms with Gasteiger partial charge in [0.2, 0.25) is 11.6 Å². The van der Waals surface area contributed by atoms with E-state index in [0.717, 1.165) is 11.1 Å². The maximum absolute atomic E-state index is 12.8. The molecule has 1 aliphatic carbocycles. The molecule has 0 bridgehead atoms. The molecule has 0 fully saturated rings. The smallest absolute Gasteiger partial charge is 0.214 e. The van der Waals surface area contributed by atoms with Crippen molar-refractivity contribution in [3.05, 3.63) is 88.5 Å². The fourth-order valence-electron chi connectivity index (χ4n) is 3.01. The van der Waals surface area contributed by atoms with Crippen LogP contribution in [-0.4, -0.2) is 21.1 Å². The first kappa shape index (κ1) is 13.6. The number of carbonyl (C=O) groups excluding carboxylic acids is 2. The molecule has 0 N–H and O–H groups in total. The zero-order valence-electron chi connectivity index (χ0n) is 12.6. The van der Waals surface area contributed by atoms with Gasteiger partial charge in [-0.1, -0.05) is 48.5 Å². The fourth-order valence-corrected chi connectivity index (χ4v) is 3.01. The second-order valence-corrected chi connectivity index (χ2v) is 5.70. The Morgan fingerprint density at radius 1 is 0.913 bits per heavy atom. The van der Waals surface area contributed by atoms with Crippen molar-refractivity contribution in [2.24, 2.45) is 0 Å². The lowest BCUT2D eigenvalue weighted by Crippen LogP contribution is -2.23. The highest BCUT2D eigenvalue weighted by Crippen LogP contribution is 2.27. The fraction of sp³-hybridized carbons (Fsp3) is 0.105. The van der Waals surface area contributed by atoms with Crippen LogP contribution in [0.25, 0.3) is 0 Å². The van der Waals surface area contributed by atoms with Gasteiger partial charge in [-0.15, -0.1) is 0 Å². The summed E-state index contributed by atoms with van der Waals surface area (Å²) in [6, 6.07) is 14.9. The number of imidazole rings is 1. The second-order valence-electron chi connectivity index (χ2n) is 5.70. The molecule has 4 heteroatoms. The van der Waals surface area contributed by atoms with Crippen LogP contribution >= 0.6 is 0 Å². The van der Waals surface area contributed by atoms with E-state index >= 15 is 0 Å². The highest BCUT2D eigenvalue weighted by molar-refractivity contribution is 6.27. The minimum Gasteiger partial charge on any atom is -0.323 e. The minimum atomic E-state index is -0.182. The number of hydrogen-bond acceptors (Lipinski definition) is 3. The van der Waals surface area contributed by atoms with E-state index in [1.807, 2.05) is 31.2 Å². The van der Waals surface area contributed by atoms with E-state index in [4.69, 9.17) is 0 Å². The normalized spacial score (nSPS) is 12.9. The molecule has 1 aromatic heterocycles. The molecule has 0 unspecified atom stereocenters. The third-order valence-corrected chi connectivity index (χ3v) is 4.29. The van der Waals surface area contributed by atoms with Crippen molar-refractivity contribution in [1.82, 2.24) is 9.55 Å². The number of benzene rings is 2. The van der Waals surface area contributed by atoms with Crippen LogP contribution in [0.15, 0.2) is 54.9 Å². The van der Waals surface area contributed by atoms with Gasteiger partial charge >= 0.3 is 0 Å². The van der Waals surface area contributed by atoms with E-state index in [1.54, 1.807) is 35.2 Å². The number of hydrogen-bond donors (Lipinski definition) is 0. The summed E-state index contributed by atoms with van der Waals surface area (Å²) < 4.78 is 1.77. The highest BCUT2D eigenvalue weighted by atomic mass is 16.1. The Labute approximate surface area is 133 Å². The molecule has 112 valence electrons. The number of aromatic nitrogens is 2. The van der Waals surface area contributed by atoms with E-state index in [9.17, 15) is 9.59 Å². The first-order chi connectivity index (χ1) is 11.2. The van der Waals surface area contributed by atoms with Gasteiger partial charge in [0.15, 0.2) is 0 Å². The van der Waals surface area contributed by atoms with E-state index in [0.29, 0.717) is 23.4 Å². The zero-order valence-corrected chi connectivity index (χ0v) is 12.6. The summed E-state index contributed by atoms with van der Waals surface area (Å²) in [6.07, 6.45) is 1.58.